The lowest BCUT2D eigenvalue weighted by Crippen LogP contribution is -2.17. The maximum atomic E-state index is 12.0. The number of rotatable bonds is 3. The third-order valence-corrected chi connectivity index (χ3v) is 3.85. The van der Waals surface area contributed by atoms with Gasteiger partial charge in [0.15, 0.2) is 0 Å². The van der Waals surface area contributed by atoms with Crippen LogP contribution in [-0.2, 0) is 0 Å². The molecule has 0 saturated heterocycles. The van der Waals surface area contributed by atoms with Crippen molar-refractivity contribution in [2.75, 3.05) is 0 Å². The molecule has 0 aliphatic heterocycles. The van der Waals surface area contributed by atoms with Crippen molar-refractivity contribution in [3.8, 4) is 0 Å². The third kappa shape index (κ3) is 3.09. The van der Waals surface area contributed by atoms with E-state index in [1.807, 2.05) is 43.5 Å². The first-order chi connectivity index (χ1) is 10.6. The van der Waals surface area contributed by atoms with Crippen molar-refractivity contribution in [3.05, 3.63) is 69.8 Å². The summed E-state index contributed by atoms with van der Waals surface area (Å²) in [6.45, 7) is 1.98. The molecule has 5 heteroatoms. The molecule has 0 atom stereocenters. The van der Waals surface area contributed by atoms with Crippen molar-refractivity contribution in [2.24, 2.45) is 5.10 Å². The standard InChI is InChI=1S/C17H14BrN3O/c1-11-2-4-12(5-3-11)17(22)21-20-10-13-9-19-16-7-6-14(18)8-15(13)16/h2-10,19H,1H3,(H,21,22)/b20-10+. The first kappa shape index (κ1) is 14.5. The van der Waals surface area contributed by atoms with Gasteiger partial charge in [-0.3, -0.25) is 4.79 Å². The normalized spacial score (nSPS) is 11.2. The molecule has 1 aromatic heterocycles. The van der Waals surface area contributed by atoms with E-state index < -0.39 is 0 Å². The molecule has 0 aliphatic rings. The van der Waals surface area contributed by atoms with Crippen LogP contribution in [-0.4, -0.2) is 17.1 Å². The molecule has 3 rings (SSSR count). The Kier molecular flexibility index (Phi) is 4.06. The lowest BCUT2D eigenvalue weighted by molar-refractivity contribution is 0.0955. The Balaban J connectivity index is 1.74. The number of aromatic nitrogens is 1. The van der Waals surface area contributed by atoms with E-state index in [0.717, 1.165) is 26.5 Å². The Hall–Kier alpha value is -2.40. The predicted molar refractivity (Wildman–Crippen MR) is 92.2 cm³/mol. The van der Waals surface area contributed by atoms with Gasteiger partial charge in [-0.2, -0.15) is 5.10 Å². The minimum Gasteiger partial charge on any atom is -0.361 e. The van der Waals surface area contributed by atoms with Gasteiger partial charge in [-0.1, -0.05) is 33.6 Å². The fraction of sp³-hybridized carbons (Fsp3) is 0.0588. The quantitative estimate of drug-likeness (QED) is 0.541. The van der Waals surface area contributed by atoms with E-state index in [1.165, 1.54) is 0 Å². The van der Waals surface area contributed by atoms with Crippen LogP contribution in [0.3, 0.4) is 0 Å². The number of aryl methyl sites for hydroxylation is 1. The van der Waals surface area contributed by atoms with Crippen molar-refractivity contribution in [3.63, 3.8) is 0 Å². The van der Waals surface area contributed by atoms with Crippen LogP contribution in [0.1, 0.15) is 21.5 Å². The lowest BCUT2D eigenvalue weighted by atomic mass is 10.1. The van der Waals surface area contributed by atoms with Crippen LogP contribution < -0.4 is 5.43 Å². The summed E-state index contributed by atoms with van der Waals surface area (Å²) in [6.07, 6.45) is 3.50. The van der Waals surface area contributed by atoms with Gasteiger partial charge in [0.05, 0.1) is 6.21 Å². The zero-order valence-corrected chi connectivity index (χ0v) is 13.5. The van der Waals surface area contributed by atoms with E-state index >= 15 is 0 Å². The number of hydrogen-bond acceptors (Lipinski definition) is 2. The Morgan fingerprint density at radius 2 is 2.00 bits per heavy atom. The highest BCUT2D eigenvalue weighted by atomic mass is 79.9. The number of benzene rings is 2. The third-order valence-electron chi connectivity index (χ3n) is 3.36. The second-order valence-electron chi connectivity index (χ2n) is 5.00. The van der Waals surface area contributed by atoms with E-state index in [-0.39, 0.29) is 5.91 Å². The zero-order valence-electron chi connectivity index (χ0n) is 11.9. The number of hydrazone groups is 1. The van der Waals surface area contributed by atoms with Gasteiger partial charge in [0.2, 0.25) is 0 Å². The lowest BCUT2D eigenvalue weighted by Gasteiger charge is -2.00. The predicted octanol–water partition coefficient (Wildman–Crippen LogP) is 4.00. The van der Waals surface area contributed by atoms with E-state index in [9.17, 15) is 4.79 Å². The largest absolute Gasteiger partial charge is 0.361 e. The molecule has 110 valence electrons. The van der Waals surface area contributed by atoms with Gasteiger partial charge in [-0.15, -0.1) is 0 Å². The van der Waals surface area contributed by atoms with Crippen LogP contribution >= 0.6 is 15.9 Å². The van der Waals surface area contributed by atoms with Crippen LogP contribution in [0.15, 0.2) is 58.2 Å². The van der Waals surface area contributed by atoms with Gasteiger partial charge in [0.1, 0.15) is 0 Å². The topological polar surface area (TPSA) is 57.2 Å². The Labute approximate surface area is 136 Å². The van der Waals surface area contributed by atoms with E-state index in [2.05, 4.69) is 31.4 Å². The number of aromatic amines is 1. The molecular weight excluding hydrogens is 342 g/mol. The van der Waals surface area contributed by atoms with Crippen LogP contribution in [0.2, 0.25) is 0 Å². The summed E-state index contributed by atoms with van der Waals surface area (Å²) < 4.78 is 0.998. The highest BCUT2D eigenvalue weighted by molar-refractivity contribution is 9.10. The second kappa shape index (κ2) is 6.15. The summed E-state index contributed by atoms with van der Waals surface area (Å²) in [5.74, 6) is -0.225. The number of nitrogens with one attached hydrogen (secondary N) is 2. The fourth-order valence-electron chi connectivity index (χ4n) is 2.15. The molecule has 2 aromatic carbocycles. The van der Waals surface area contributed by atoms with Crippen molar-refractivity contribution < 1.29 is 4.79 Å². The molecule has 3 aromatic rings. The minimum atomic E-state index is -0.225. The molecule has 0 radical (unpaired) electrons. The van der Waals surface area contributed by atoms with Gasteiger partial charge in [0, 0.05) is 32.7 Å². The molecule has 0 aliphatic carbocycles. The summed E-state index contributed by atoms with van der Waals surface area (Å²) in [6, 6.07) is 13.3. The number of carbonyl (C=O) groups is 1. The monoisotopic (exact) mass is 355 g/mol. The molecule has 1 amide bonds. The summed E-state index contributed by atoms with van der Waals surface area (Å²) in [7, 11) is 0. The number of nitrogens with zero attached hydrogens (tertiary/aromatic N) is 1. The highest BCUT2D eigenvalue weighted by Crippen LogP contribution is 2.21. The number of H-pyrrole nitrogens is 1. The summed E-state index contributed by atoms with van der Waals surface area (Å²) in [5, 5.41) is 5.08. The van der Waals surface area contributed by atoms with Crippen molar-refractivity contribution in [1.82, 2.24) is 10.4 Å². The van der Waals surface area contributed by atoms with E-state index in [1.54, 1.807) is 18.3 Å². The number of halogens is 1. The molecule has 22 heavy (non-hydrogen) atoms. The number of amides is 1. The molecular formula is C17H14BrN3O. The molecule has 2 N–H and O–H groups in total. The second-order valence-corrected chi connectivity index (χ2v) is 5.91. The Morgan fingerprint density at radius 1 is 1.23 bits per heavy atom. The van der Waals surface area contributed by atoms with E-state index in [0.29, 0.717) is 5.56 Å². The van der Waals surface area contributed by atoms with Crippen LogP contribution in [0.4, 0.5) is 0 Å². The number of hydrogen-bond donors (Lipinski definition) is 2. The summed E-state index contributed by atoms with van der Waals surface area (Å²) >= 11 is 3.45. The molecule has 0 unspecified atom stereocenters. The first-order valence-electron chi connectivity index (χ1n) is 6.80. The summed E-state index contributed by atoms with van der Waals surface area (Å²) in [5.41, 5.74) is 6.18. The zero-order chi connectivity index (χ0) is 15.5. The number of carbonyl (C=O) groups excluding carboxylic acids is 1. The molecule has 0 spiro atoms. The van der Waals surface area contributed by atoms with Crippen molar-refractivity contribution in [1.29, 1.82) is 0 Å². The van der Waals surface area contributed by atoms with Crippen LogP contribution in [0, 0.1) is 6.92 Å². The SMILES string of the molecule is Cc1ccc(C(=O)N/N=C/c2c[nH]c3ccc(Br)cc23)cc1. The van der Waals surface area contributed by atoms with Gasteiger partial charge in [0.25, 0.3) is 5.91 Å². The van der Waals surface area contributed by atoms with E-state index in [4.69, 9.17) is 0 Å². The van der Waals surface area contributed by atoms with Gasteiger partial charge in [-0.25, -0.2) is 5.43 Å². The van der Waals surface area contributed by atoms with Gasteiger partial charge in [-0.05, 0) is 37.3 Å². The Morgan fingerprint density at radius 3 is 2.77 bits per heavy atom. The minimum absolute atomic E-state index is 0.225. The average molecular weight is 356 g/mol. The summed E-state index contributed by atoms with van der Waals surface area (Å²) in [4.78, 5) is 15.1. The number of fused-ring (bicyclic) bond motifs is 1. The van der Waals surface area contributed by atoms with Crippen LogP contribution in [0.25, 0.3) is 10.9 Å². The van der Waals surface area contributed by atoms with Crippen molar-refractivity contribution >= 4 is 39.0 Å². The Bertz CT molecular complexity index is 850. The first-order valence-corrected chi connectivity index (χ1v) is 7.59. The molecule has 0 saturated carbocycles. The molecule has 4 nitrogen and oxygen atoms in total. The van der Waals surface area contributed by atoms with Gasteiger partial charge >= 0.3 is 0 Å². The molecule has 0 fully saturated rings. The fourth-order valence-corrected chi connectivity index (χ4v) is 2.51. The maximum Gasteiger partial charge on any atom is 0.271 e. The highest BCUT2D eigenvalue weighted by Gasteiger charge is 2.04. The maximum absolute atomic E-state index is 12.0. The van der Waals surface area contributed by atoms with Crippen LogP contribution in [0.5, 0.6) is 0 Å². The molecule has 0 bridgehead atoms. The smallest absolute Gasteiger partial charge is 0.271 e. The van der Waals surface area contributed by atoms with Gasteiger partial charge < -0.3 is 4.98 Å². The van der Waals surface area contributed by atoms with Crippen molar-refractivity contribution in [2.45, 2.75) is 6.92 Å². The average Bonchev–Trinajstić information content (AvgIpc) is 2.90. The molecule has 1 heterocycles.